The van der Waals surface area contributed by atoms with Crippen LogP contribution in [0.1, 0.15) is 51.6 Å². The molecule has 0 aliphatic carbocycles. The quantitative estimate of drug-likeness (QED) is 0.925. The Morgan fingerprint density at radius 1 is 1.37 bits per heavy atom. The average Bonchev–Trinajstić information content (AvgIpc) is 2.78. The van der Waals surface area contributed by atoms with E-state index in [-0.39, 0.29) is 18.4 Å². The third kappa shape index (κ3) is 4.20. The molecule has 2 heterocycles. The number of hydrogen-bond acceptors (Lipinski definition) is 3. The van der Waals surface area contributed by atoms with E-state index in [1.807, 2.05) is 10.9 Å². The fourth-order valence-electron chi connectivity index (χ4n) is 2.78. The molecule has 4 nitrogen and oxygen atoms in total. The molecule has 1 aliphatic heterocycles. The number of hydrogen-bond donors (Lipinski definition) is 1. The minimum atomic E-state index is 0. The van der Waals surface area contributed by atoms with Gasteiger partial charge in [-0.05, 0) is 40.2 Å². The molecular formula is C14H27ClN4. The number of likely N-dealkylation sites (tertiary alicyclic amines) is 1. The van der Waals surface area contributed by atoms with E-state index in [4.69, 9.17) is 5.73 Å². The maximum atomic E-state index is 6.10. The van der Waals surface area contributed by atoms with Crippen molar-refractivity contribution in [1.82, 2.24) is 14.7 Å². The van der Waals surface area contributed by atoms with Crippen molar-refractivity contribution < 1.29 is 0 Å². The summed E-state index contributed by atoms with van der Waals surface area (Å²) in [7, 11) is 0. The first-order chi connectivity index (χ1) is 8.58. The van der Waals surface area contributed by atoms with Crippen molar-refractivity contribution in [3.05, 3.63) is 18.0 Å². The topological polar surface area (TPSA) is 47.1 Å². The smallest absolute Gasteiger partial charge is 0.0534 e. The second-order valence-corrected chi connectivity index (χ2v) is 5.82. The van der Waals surface area contributed by atoms with E-state index in [1.165, 1.54) is 31.4 Å². The highest BCUT2D eigenvalue weighted by molar-refractivity contribution is 5.85. The van der Waals surface area contributed by atoms with Crippen LogP contribution in [-0.2, 0) is 6.54 Å². The normalized spacial score (nSPS) is 22.3. The van der Waals surface area contributed by atoms with Crippen LogP contribution in [0.4, 0.5) is 0 Å². The van der Waals surface area contributed by atoms with E-state index in [0.29, 0.717) is 12.1 Å². The van der Waals surface area contributed by atoms with Gasteiger partial charge < -0.3 is 5.73 Å². The van der Waals surface area contributed by atoms with Crippen molar-refractivity contribution >= 4 is 12.4 Å². The van der Waals surface area contributed by atoms with E-state index < -0.39 is 0 Å². The van der Waals surface area contributed by atoms with Gasteiger partial charge in [-0.1, -0.05) is 6.42 Å². The number of aromatic nitrogens is 2. The van der Waals surface area contributed by atoms with Gasteiger partial charge in [0.1, 0.15) is 0 Å². The summed E-state index contributed by atoms with van der Waals surface area (Å²) in [5.41, 5.74) is 7.40. The van der Waals surface area contributed by atoms with Crippen LogP contribution in [0.25, 0.3) is 0 Å². The Balaban J connectivity index is 0.00000180. The van der Waals surface area contributed by atoms with Crippen molar-refractivity contribution in [2.24, 2.45) is 5.73 Å². The molecule has 1 aliphatic rings. The van der Waals surface area contributed by atoms with E-state index in [9.17, 15) is 0 Å². The lowest BCUT2D eigenvalue weighted by atomic mass is 9.96. The molecule has 0 amide bonds. The zero-order valence-corrected chi connectivity index (χ0v) is 13.1. The third-order valence-corrected chi connectivity index (χ3v) is 3.84. The lowest BCUT2D eigenvalue weighted by molar-refractivity contribution is 0.123. The Hall–Kier alpha value is -0.580. The molecule has 0 radical (unpaired) electrons. The van der Waals surface area contributed by atoms with Gasteiger partial charge in [0.05, 0.1) is 6.20 Å². The lowest BCUT2D eigenvalue weighted by Gasteiger charge is -2.37. The molecular weight excluding hydrogens is 260 g/mol. The van der Waals surface area contributed by atoms with Crippen molar-refractivity contribution in [3.8, 4) is 0 Å². The van der Waals surface area contributed by atoms with Crippen LogP contribution < -0.4 is 5.73 Å². The SMILES string of the molecule is CC(N)C1CCCCN1Cc1cnn(C(C)C)c1.Cl. The Bertz CT molecular complexity index is 375. The second-order valence-electron chi connectivity index (χ2n) is 5.82. The minimum absolute atomic E-state index is 0. The van der Waals surface area contributed by atoms with Gasteiger partial charge in [-0.3, -0.25) is 9.58 Å². The van der Waals surface area contributed by atoms with E-state index in [1.54, 1.807) is 0 Å². The van der Waals surface area contributed by atoms with Gasteiger partial charge >= 0.3 is 0 Å². The fourth-order valence-corrected chi connectivity index (χ4v) is 2.78. The molecule has 2 unspecified atom stereocenters. The first kappa shape index (κ1) is 16.5. The van der Waals surface area contributed by atoms with E-state index in [0.717, 1.165) is 6.54 Å². The van der Waals surface area contributed by atoms with E-state index >= 15 is 0 Å². The van der Waals surface area contributed by atoms with Crippen LogP contribution in [0.3, 0.4) is 0 Å². The maximum absolute atomic E-state index is 6.10. The van der Waals surface area contributed by atoms with Gasteiger partial charge in [0, 0.05) is 36.4 Å². The van der Waals surface area contributed by atoms with Gasteiger partial charge in [-0.25, -0.2) is 0 Å². The summed E-state index contributed by atoms with van der Waals surface area (Å²) < 4.78 is 2.03. The molecule has 2 atom stereocenters. The first-order valence-corrected chi connectivity index (χ1v) is 7.10. The zero-order valence-electron chi connectivity index (χ0n) is 12.2. The van der Waals surface area contributed by atoms with Crippen molar-refractivity contribution in [3.63, 3.8) is 0 Å². The monoisotopic (exact) mass is 286 g/mol. The summed E-state index contributed by atoms with van der Waals surface area (Å²) in [5, 5.41) is 4.41. The van der Waals surface area contributed by atoms with Gasteiger partial charge in [0.2, 0.25) is 0 Å². The molecule has 2 N–H and O–H groups in total. The Morgan fingerprint density at radius 2 is 2.11 bits per heavy atom. The highest BCUT2D eigenvalue weighted by Crippen LogP contribution is 2.21. The average molecular weight is 287 g/mol. The summed E-state index contributed by atoms with van der Waals surface area (Å²) in [5.74, 6) is 0. The maximum Gasteiger partial charge on any atom is 0.0534 e. The molecule has 19 heavy (non-hydrogen) atoms. The lowest BCUT2D eigenvalue weighted by Crippen LogP contribution is -2.48. The third-order valence-electron chi connectivity index (χ3n) is 3.84. The summed E-state index contributed by atoms with van der Waals surface area (Å²) in [6.07, 6.45) is 8.00. The highest BCUT2D eigenvalue weighted by Gasteiger charge is 2.25. The molecule has 0 spiro atoms. The van der Waals surface area contributed by atoms with Crippen LogP contribution in [0.15, 0.2) is 12.4 Å². The van der Waals surface area contributed by atoms with Crippen molar-refractivity contribution in [2.45, 2.75) is 64.7 Å². The Kier molecular flexibility index (Phi) is 6.30. The molecule has 1 aromatic heterocycles. The van der Waals surface area contributed by atoms with E-state index in [2.05, 4.69) is 37.0 Å². The second kappa shape index (κ2) is 7.27. The largest absolute Gasteiger partial charge is 0.327 e. The van der Waals surface area contributed by atoms with Crippen LogP contribution >= 0.6 is 12.4 Å². The summed E-state index contributed by atoms with van der Waals surface area (Å²) in [4.78, 5) is 2.52. The first-order valence-electron chi connectivity index (χ1n) is 7.10. The minimum Gasteiger partial charge on any atom is -0.327 e. The standard InChI is InChI=1S/C14H26N4.ClH/c1-11(2)18-10-13(8-16-18)9-17-7-5-4-6-14(17)12(3)15;/h8,10-12,14H,4-7,9,15H2,1-3H3;1H. The molecule has 0 saturated carbocycles. The predicted octanol–water partition coefficient (Wildman–Crippen LogP) is 2.59. The van der Waals surface area contributed by atoms with Crippen LogP contribution in [-0.4, -0.2) is 33.3 Å². The molecule has 1 aromatic rings. The fraction of sp³-hybridized carbons (Fsp3) is 0.786. The molecule has 1 fully saturated rings. The Labute approximate surface area is 122 Å². The van der Waals surface area contributed by atoms with Crippen LogP contribution in [0.2, 0.25) is 0 Å². The molecule has 2 rings (SSSR count). The summed E-state index contributed by atoms with van der Waals surface area (Å²) in [6, 6.07) is 1.22. The van der Waals surface area contributed by atoms with Gasteiger partial charge in [0.15, 0.2) is 0 Å². The highest BCUT2D eigenvalue weighted by atomic mass is 35.5. The summed E-state index contributed by atoms with van der Waals surface area (Å²) in [6.45, 7) is 8.59. The molecule has 110 valence electrons. The number of rotatable bonds is 4. The van der Waals surface area contributed by atoms with Gasteiger partial charge in [-0.2, -0.15) is 5.10 Å². The van der Waals surface area contributed by atoms with Crippen molar-refractivity contribution in [2.75, 3.05) is 6.54 Å². The number of halogens is 1. The molecule has 0 bridgehead atoms. The predicted molar refractivity (Wildman–Crippen MR) is 81.6 cm³/mol. The van der Waals surface area contributed by atoms with Gasteiger partial charge in [-0.15, -0.1) is 12.4 Å². The number of nitrogens with two attached hydrogens (primary N) is 1. The van der Waals surface area contributed by atoms with Crippen LogP contribution in [0.5, 0.6) is 0 Å². The van der Waals surface area contributed by atoms with Gasteiger partial charge in [0.25, 0.3) is 0 Å². The summed E-state index contributed by atoms with van der Waals surface area (Å²) >= 11 is 0. The number of nitrogens with zero attached hydrogens (tertiary/aromatic N) is 3. The van der Waals surface area contributed by atoms with Crippen LogP contribution in [0, 0.1) is 0 Å². The number of piperidine rings is 1. The molecule has 1 saturated heterocycles. The molecule has 0 aromatic carbocycles. The zero-order chi connectivity index (χ0) is 13.1. The van der Waals surface area contributed by atoms with Crippen molar-refractivity contribution in [1.29, 1.82) is 0 Å². The molecule has 5 heteroatoms. The Morgan fingerprint density at radius 3 is 2.68 bits per heavy atom.